The summed E-state index contributed by atoms with van der Waals surface area (Å²) < 4.78 is 10.7. The number of hydrogen-bond acceptors (Lipinski definition) is 6. The van der Waals surface area contributed by atoms with Crippen LogP contribution in [-0.2, 0) is 0 Å². The number of aromatic nitrogens is 2. The molecule has 2 heterocycles. The number of ether oxygens (including phenoxy) is 2. The standard InChI is InChI=1S/C17H15Cl2N3O3/c1-24-17-16(25-4-2-3-23)6-12(8-22-17)11(7-20)5-13-14(18)9-21-10-15(13)19/h5-6,8-10,23H,2-4H2,1H3. The first-order valence-corrected chi connectivity index (χ1v) is 8.05. The second kappa shape index (κ2) is 9.23. The van der Waals surface area contributed by atoms with Gasteiger partial charge in [0, 0.05) is 42.7 Å². The molecule has 0 aliphatic carbocycles. The quantitative estimate of drug-likeness (QED) is 0.583. The van der Waals surface area contributed by atoms with E-state index < -0.39 is 0 Å². The summed E-state index contributed by atoms with van der Waals surface area (Å²) in [7, 11) is 1.47. The van der Waals surface area contributed by atoms with Crippen LogP contribution in [0, 0.1) is 11.3 Å². The molecule has 0 aliphatic heterocycles. The number of aliphatic hydroxyl groups excluding tert-OH is 1. The fourth-order valence-corrected chi connectivity index (χ4v) is 2.44. The molecular weight excluding hydrogens is 365 g/mol. The van der Waals surface area contributed by atoms with Gasteiger partial charge >= 0.3 is 0 Å². The summed E-state index contributed by atoms with van der Waals surface area (Å²) in [5.74, 6) is 0.667. The molecule has 130 valence electrons. The number of methoxy groups -OCH3 is 1. The molecule has 2 aromatic heterocycles. The minimum absolute atomic E-state index is 0.0117. The molecule has 0 bridgehead atoms. The van der Waals surface area contributed by atoms with Gasteiger partial charge in [-0.3, -0.25) is 4.98 Å². The highest BCUT2D eigenvalue weighted by molar-refractivity contribution is 6.37. The lowest BCUT2D eigenvalue weighted by atomic mass is 10.1. The monoisotopic (exact) mass is 379 g/mol. The number of nitriles is 1. The molecule has 0 aliphatic rings. The zero-order valence-corrected chi connectivity index (χ0v) is 14.9. The number of aliphatic hydroxyl groups is 1. The van der Waals surface area contributed by atoms with Crippen molar-refractivity contribution < 1.29 is 14.6 Å². The maximum Gasteiger partial charge on any atom is 0.256 e. The van der Waals surface area contributed by atoms with Crippen LogP contribution in [0.1, 0.15) is 17.5 Å². The normalized spacial score (nSPS) is 11.1. The SMILES string of the molecule is COc1ncc(C(C#N)=Cc2c(Cl)cncc2Cl)cc1OCCCO. The average molecular weight is 380 g/mol. The number of halogens is 2. The van der Waals surface area contributed by atoms with Gasteiger partial charge in [-0.2, -0.15) is 5.26 Å². The predicted molar refractivity (Wildman–Crippen MR) is 95.7 cm³/mol. The zero-order valence-electron chi connectivity index (χ0n) is 13.4. The fourth-order valence-electron chi connectivity index (χ4n) is 1.97. The Labute approximate surface area is 155 Å². The minimum atomic E-state index is 0.0117. The summed E-state index contributed by atoms with van der Waals surface area (Å²) in [5.41, 5.74) is 1.32. The highest BCUT2D eigenvalue weighted by Crippen LogP contribution is 2.31. The van der Waals surface area contributed by atoms with Gasteiger partial charge in [0.25, 0.3) is 5.88 Å². The maximum absolute atomic E-state index is 9.50. The molecule has 2 aromatic rings. The average Bonchev–Trinajstić information content (AvgIpc) is 2.62. The molecule has 0 fully saturated rings. The molecule has 0 atom stereocenters. The van der Waals surface area contributed by atoms with Crippen molar-refractivity contribution in [3.8, 4) is 17.7 Å². The van der Waals surface area contributed by atoms with Gasteiger partial charge < -0.3 is 14.6 Å². The van der Waals surface area contributed by atoms with Crippen molar-refractivity contribution in [3.05, 3.63) is 45.8 Å². The van der Waals surface area contributed by atoms with Crippen LogP contribution in [0.25, 0.3) is 11.6 Å². The predicted octanol–water partition coefficient (Wildman–Crippen LogP) is 3.62. The largest absolute Gasteiger partial charge is 0.488 e. The number of nitrogens with zero attached hydrogens (tertiary/aromatic N) is 3. The van der Waals surface area contributed by atoms with E-state index in [0.717, 1.165) is 0 Å². The smallest absolute Gasteiger partial charge is 0.256 e. The first kappa shape index (κ1) is 19.0. The Hall–Kier alpha value is -2.33. The fraction of sp³-hybridized carbons (Fsp3) is 0.235. The summed E-state index contributed by atoms with van der Waals surface area (Å²) in [5, 5.41) is 19.0. The van der Waals surface area contributed by atoms with Crippen molar-refractivity contribution in [2.24, 2.45) is 0 Å². The summed E-state index contributed by atoms with van der Waals surface area (Å²) in [6.07, 6.45) is 6.42. The molecule has 0 saturated carbocycles. The highest BCUT2D eigenvalue weighted by atomic mass is 35.5. The van der Waals surface area contributed by atoms with Crippen LogP contribution in [-0.4, -0.2) is 35.4 Å². The summed E-state index contributed by atoms with van der Waals surface area (Å²) in [4.78, 5) is 8.03. The molecule has 0 aromatic carbocycles. The Morgan fingerprint density at radius 3 is 2.64 bits per heavy atom. The number of allylic oxidation sites excluding steroid dienone is 1. The van der Waals surface area contributed by atoms with Crippen LogP contribution in [0.2, 0.25) is 10.0 Å². The van der Waals surface area contributed by atoms with E-state index in [-0.39, 0.29) is 6.61 Å². The molecule has 0 radical (unpaired) electrons. The van der Waals surface area contributed by atoms with E-state index in [1.54, 1.807) is 12.1 Å². The summed E-state index contributed by atoms with van der Waals surface area (Å²) >= 11 is 12.2. The van der Waals surface area contributed by atoms with Crippen molar-refractivity contribution >= 4 is 34.9 Å². The third-order valence-corrected chi connectivity index (χ3v) is 3.78. The van der Waals surface area contributed by atoms with Gasteiger partial charge in [-0.05, 0) is 12.1 Å². The molecule has 25 heavy (non-hydrogen) atoms. The van der Waals surface area contributed by atoms with E-state index >= 15 is 0 Å². The Kier molecular flexibility index (Phi) is 7.02. The van der Waals surface area contributed by atoms with E-state index in [9.17, 15) is 5.26 Å². The van der Waals surface area contributed by atoms with E-state index in [1.807, 2.05) is 0 Å². The highest BCUT2D eigenvalue weighted by Gasteiger charge is 2.12. The summed E-state index contributed by atoms with van der Waals surface area (Å²) in [6, 6.07) is 3.74. The van der Waals surface area contributed by atoms with Crippen molar-refractivity contribution in [2.45, 2.75) is 6.42 Å². The lowest BCUT2D eigenvalue weighted by Gasteiger charge is -2.11. The molecule has 1 N–H and O–H groups in total. The lowest BCUT2D eigenvalue weighted by Crippen LogP contribution is -2.03. The Balaban J connectivity index is 2.42. The number of rotatable bonds is 7. The lowest BCUT2D eigenvalue weighted by molar-refractivity contribution is 0.226. The molecule has 0 spiro atoms. The second-order valence-corrected chi connectivity index (χ2v) is 5.66. The molecule has 0 unspecified atom stereocenters. The molecule has 8 heteroatoms. The van der Waals surface area contributed by atoms with E-state index in [0.29, 0.717) is 51.4 Å². The maximum atomic E-state index is 9.50. The molecule has 6 nitrogen and oxygen atoms in total. The molecular formula is C17H15Cl2N3O3. The Morgan fingerprint density at radius 1 is 1.32 bits per heavy atom. The van der Waals surface area contributed by atoms with Crippen LogP contribution < -0.4 is 9.47 Å². The first-order valence-electron chi connectivity index (χ1n) is 7.29. The van der Waals surface area contributed by atoms with Crippen LogP contribution in [0.4, 0.5) is 0 Å². The van der Waals surface area contributed by atoms with Crippen molar-refractivity contribution in [2.75, 3.05) is 20.3 Å². The van der Waals surface area contributed by atoms with Gasteiger partial charge in [-0.15, -0.1) is 0 Å². The zero-order chi connectivity index (χ0) is 18.2. The third kappa shape index (κ3) is 4.83. The molecule has 0 amide bonds. The van der Waals surface area contributed by atoms with Crippen molar-refractivity contribution in [3.63, 3.8) is 0 Å². The Morgan fingerprint density at radius 2 is 2.04 bits per heavy atom. The van der Waals surface area contributed by atoms with Crippen molar-refractivity contribution in [1.82, 2.24) is 9.97 Å². The van der Waals surface area contributed by atoms with E-state index in [2.05, 4.69) is 16.0 Å². The first-order chi connectivity index (χ1) is 12.1. The summed E-state index contributed by atoms with van der Waals surface area (Å²) in [6.45, 7) is 0.309. The second-order valence-electron chi connectivity index (χ2n) is 4.84. The number of pyridine rings is 2. The van der Waals surface area contributed by atoms with Crippen LogP contribution in [0.15, 0.2) is 24.7 Å². The van der Waals surface area contributed by atoms with Gasteiger partial charge in [0.05, 0.1) is 35.4 Å². The van der Waals surface area contributed by atoms with Gasteiger partial charge in [0.15, 0.2) is 5.75 Å². The van der Waals surface area contributed by atoms with Gasteiger partial charge in [-0.25, -0.2) is 4.98 Å². The van der Waals surface area contributed by atoms with Crippen molar-refractivity contribution in [1.29, 1.82) is 5.26 Å². The topological polar surface area (TPSA) is 88.3 Å². The molecule has 0 saturated heterocycles. The number of hydrogen-bond donors (Lipinski definition) is 1. The minimum Gasteiger partial charge on any atom is -0.488 e. The third-order valence-electron chi connectivity index (χ3n) is 3.18. The van der Waals surface area contributed by atoms with Crippen LogP contribution in [0.5, 0.6) is 11.6 Å². The Bertz CT molecular complexity index is 799. The van der Waals surface area contributed by atoms with Gasteiger partial charge in [0.2, 0.25) is 0 Å². The van der Waals surface area contributed by atoms with E-state index in [4.69, 9.17) is 37.8 Å². The van der Waals surface area contributed by atoms with Crippen LogP contribution >= 0.6 is 23.2 Å². The van der Waals surface area contributed by atoms with Crippen LogP contribution in [0.3, 0.4) is 0 Å². The van der Waals surface area contributed by atoms with E-state index in [1.165, 1.54) is 25.7 Å². The van der Waals surface area contributed by atoms with Gasteiger partial charge in [0.1, 0.15) is 0 Å². The molecule has 2 rings (SSSR count). The van der Waals surface area contributed by atoms with Gasteiger partial charge in [-0.1, -0.05) is 23.2 Å².